The summed E-state index contributed by atoms with van der Waals surface area (Å²) in [6, 6.07) is 36.0. The van der Waals surface area contributed by atoms with Crippen LogP contribution in [0.15, 0.2) is 97.1 Å². The van der Waals surface area contributed by atoms with Crippen molar-refractivity contribution in [2.75, 3.05) is 59.0 Å². The molecule has 7 nitrogen and oxygen atoms in total. The van der Waals surface area contributed by atoms with Crippen molar-refractivity contribution in [3.8, 4) is 12.1 Å². The quantitative estimate of drug-likeness (QED) is 0.232. The minimum absolute atomic E-state index is 0.304. The molecule has 0 bridgehead atoms. The van der Waals surface area contributed by atoms with Crippen LogP contribution in [0.3, 0.4) is 0 Å². The molecule has 50 heavy (non-hydrogen) atoms. The summed E-state index contributed by atoms with van der Waals surface area (Å²) in [4.78, 5) is 5.00. The Morgan fingerprint density at radius 3 is 1.54 bits per heavy atom. The Kier molecular flexibility index (Phi) is 21.9. The summed E-state index contributed by atoms with van der Waals surface area (Å²) in [6.45, 7) is 10.0. The number of nitrogens with one attached hydrogen (secondary N) is 1. The van der Waals surface area contributed by atoms with Gasteiger partial charge >= 0.3 is 0 Å². The highest BCUT2D eigenvalue weighted by atomic mass is 16.5. The summed E-state index contributed by atoms with van der Waals surface area (Å²) in [6.07, 6.45) is 15.5. The van der Waals surface area contributed by atoms with Crippen molar-refractivity contribution < 1.29 is 4.74 Å². The van der Waals surface area contributed by atoms with Crippen LogP contribution in [-0.2, 0) is 4.74 Å². The van der Waals surface area contributed by atoms with Gasteiger partial charge in [0.1, 0.15) is 0 Å². The molecule has 4 aliphatic rings. The SMILES string of the molecule is C1CCNC1.C1CCOC1.N#C/C=C/c1ccccc1.N#CCC(c1ccccc1)N1CCCC1.NCCC(c1ccccc1)N1CCCC1. The Morgan fingerprint density at radius 2 is 1.14 bits per heavy atom. The topological polar surface area (TPSA) is 101 Å². The summed E-state index contributed by atoms with van der Waals surface area (Å²) in [7, 11) is 0. The highest BCUT2D eigenvalue weighted by Gasteiger charge is 2.23. The van der Waals surface area contributed by atoms with Crippen LogP contribution in [0.25, 0.3) is 6.08 Å². The first kappa shape index (κ1) is 40.6. The maximum atomic E-state index is 8.88. The summed E-state index contributed by atoms with van der Waals surface area (Å²) < 4.78 is 4.94. The van der Waals surface area contributed by atoms with Crippen LogP contribution in [0, 0.1) is 22.7 Å². The number of likely N-dealkylation sites (tertiary alicyclic amines) is 2. The number of rotatable bonds is 8. The highest BCUT2D eigenvalue weighted by molar-refractivity contribution is 5.51. The maximum Gasteiger partial charge on any atom is 0.0912 e. The molecule has 7 rings (SSSR count). The van der Waals surface area contributed by atoms with Gasteiger partial charge in [-0.3, -0.25) is 9.80 Å². The number of benzene rings is 3. The van der Waals surface area contributed by atoms with E-state index in [0.717, 1.165) is 44.8 Å². The summed E-state index contributed by atoms with van der Waals surface area (Å²) in [5.41, 5.74) is 9.47. The zero-order valence-corrected chi connectivity index (χ0v) is 30.2. The van der Waals surface area contributed by atoms with Gasteiger partial charge in [0.25, 0.3) is 0 Å². The van der Waals surface area contributed by atoms with Crippen LogP contribution in [0.5, 0.6) is 0 Å². The van der Waals surface area contributed by atoms with Crippen molar-refractivity contribution in [1.82, 2.24) is 15.1 Å². The third-order valence-electron chi connectivity index (χ3n) is 9.19. The Hall–Kier alpha value is -3.82. The maximum absolute atomic E-state index is 8.88. The molecule has 0 radical (unpaired) electrons. The van der Waals surface area contributed by atoms with E-state index < -0.39 is 0 Å². The lowest BCUT2D eigenvalue weighted by molar-refractivity contribution is 0.198. The average molecular weight is 677 g/mol. The predicted octanol–water partition coefficient (Wildman–Crippen LogP) is 8.30. The largest absolute Gasteiger partial charge is 0.381 e. The first-order valence-corrected chi connectivity index (χ1v) is 18.8. The number of hydrogen-bond acceptors (Lipinski definition) is 7. The standard InChI is InChI=1S/C13H20N2.C13H16N2.C9H7N.C4H9N.C4H8O/c2*14-9-8-13(15-10-4-5-11-15)12-6-2-1-3-7-12;10-8-4-7-9-5-2-1-3-6-9;2*1-2-4-5-3-1/h1-3,6-7,13H,4-5,8-11,14H2;1-3,6-7,13H,4-5,8,10-11H2;1-7H;5H,1-4H2;1-4H2/b;;7-4+;;. The van der Waals surface area contributed by atoms with Crippen LogP contribution in [0.4, 0.5) is 0 Å². The molecule has 2 unspecified atom stereocenters. The first-order chi connectivity index (χ1) is 24.8. The molecule has 2 atom stereocenters. The third kappa shape index (κ3) is 16.7. The van der Waals surface area contributed by atoms with Crippen molar-refractivity contribution in [2.45, 2.75) is 76.3 Å². The Bertz CT molecular complexity index is 1310. The number of ether oxygens (including phenoxy) is 1. The normalized spacial score (nSPS) is 18.1. The van der Waals surface area contributed by atoms with Gasteiger partial charge in [0, 0.05) is 31.4 Å². The van der Waals surface area contributed by atoms with E-state index in [1.807, 2.05) is 42.5 Å². The molecule has 4 fully saturated rings. The van der Waals surface area contributed by atoms with E-state index in [2.05, 4.69) is 75.8 Å². The molecule has 4 aliphatic heterocycles. The van der Waals surface area contributed by atoms with E-state index in [9.17, 15) is 0 Å². The van der Waals surface area contributed by atoms with Crippen LogP contribution < -0.4 is 11.1 Å². The molecule has 0 spiro atoms. The second kappa shape index (κ2) is 27.0. The van der Waals surface area contributed by atoms with Crippen LogP contribution in [0.2, 0.25) is 0 Å². The average Bonchev–Trinajstić information content (AvgIpc) is 4.04. The number of nitriles is 2. The van der Waals surface area contributed by atoms with E-state index in [1.165, 1.54) is 94.7 Å². The number of allylic oxidation sites excluding steroid dienone is 1. The fourth-order valence-electron chi connectivity index (χ4n) is 6.55. The lowest BCUT2D eigenvalue weighted by atomic mass is 10.0. The molecule has 4 heterocycles. The fraction of sp³-hybridized carbons (Fsp3) is 0.488. The minimum Gasteiger partial charge on any atom is -0.381 e. The summed E-state index contributed by atoms with van der Waals surface area (Å²) in [5, 5.41) is 20.3. The monoisotopic (exact) mass is 676 g/mol. The Balaban J connectivity index is 0.000000180. The minimum atomic E-state index is 0.304. The first-order valence-electron chi connectivity index (χ1n) is 18.8. The highest BCUT2D eigenvalue weighted by Crippen LogP contribution is 2.28. The van der Waals surface area contributed by atoms with E-state index in [4.69, 9.17) is 21.0 Å². The van der Waals surface area contributed by atoms with Crippen molar-refractivity contribution in [2.24, 2.45) is 5.73 Å². The van der Waals surface area contributed by atoms with Gasteiger partial charge in [-0.1, -0.05) is 91.0 Å². The molecule has 3 aromatic carbocycles. The smallest absolute Gasteiger partial charge is 0.0912 e. The number of nitrogens with two attached hydrogens (primary N) is 1. The molecule has 4 saturated heterocycles. The van der Waals surface area contributed by atoms with E-state index in [1.54, 1.807) is 6.08 Å². The molecular formula is C43H60N6O. The van der Waals surface area contributed by atoms with E-state index in [-0.39, 0.29) is 0 Å². The summed E-state index contributed by atoms with van der Waals surface area (Å²) in [5.74, 6) is 0. The van der Waals surface area contributed by atoms with Gasteiger partial charge in [0.15, 0.2) is 0 Å². The fourth-order valence-corrected chi connectivity index (χ4v) is 6.55. The molecule has 3 aromatic rings. The van der Waals surface area contributed by atoms with Gasteiger partial charge in [-0.05, 0) is 126 Å². The van der Waals surface area contributed by atoms with Gasteiger partial charge < -0.3 is 15.8 Å². The molecule has 7 heteroatoms. The van der Waals surface area contributed by atoms with Gasteiger partial charge in [-0.2, -0.15) is 10.5 Å². The zero-order chi connectivity index (χ0) is 35.3. The number of nitrogens with zero attached hydrogens (tertiary/aromatic N) is 4. The van der Waals surface area contributed by atoms with Crippen LogP contribution in [-0.4, -0.2) is 68.8 Å². The van der Waals surface area contributed by atoms with Crippen molar-refractivity contribution in [1.29, 1.82) is 10.5 Å². The lowest BCUT2D eigenvalue weighted by Gasteiger charge is -2.27. The van der Waals surface area contributed by atoms with Crippen molar-refractivity contribution in [3.63, 3.8) is 0 Å². The van der Waals surface area contributed by atoms with Crippen LogP contribution >= 0.6 is 0 Å². The van der Waals surface area contributed by atoms with E-state index in [0.29, 0.717) is 18.5 Å². The molecule has 0 aromatic heterocycles. The van der Waals surface area contributed by atoms with Crippen LogP contribution in [0.1, 0.15) is 93.0 Å². The van der Waals surface area contributed by atoms with Crippen molar-refractivity contribution >= 4 is 6.08 Å². The Morgan fingerprint density at radius 1 is 0.660 bits per heavy atom. The lowest BCUT2D eigenvalue weighted by Crippen LogP contribution is -2.27. The molecule has 3 N–H and O–H groups in total. The summed E-state index contributed by atoms with van der Waals surface area (Å²) >= 11 is 0. The second-order valence-electron chi connectivity index (χ2n) is 12.9. The Labute approximate surface area is 302 Å². The van der Waals surface area contributed by atoms with Gasteiger partial charge in [-0.25, -0.2) is 0 Å². The van der Waals surface area contributed by atoms with Crippen molar-refractivity contribution in [3.05, 3.63) is 114 Å². The molecular weight excluding hydrogens is 617 g/mol. The third-order valence-corrected chi connectivity index (χ3v) is 9.19. The second-order valence-corrected chi connectivity index (χ2v) is 12.9. The molecule has 0 saturated carbocycles. The van der Waals surface area contributed by atoms with Gasteiger partial charge in [0.05, 0.1) is 18.6 Å². The zero-order valence-electron chi connectivity index (χ0n) is 30.2. The molecule has 268 valence electrons. The number of hydrogen-bond donors (Lipinski definition) is 2. The predicted molar refractivity (Wildman–Crippen MR) is 207 cm³/mol. The van der Waals surface area contributed by atoms with E-state index >= 15 is 0 Å². The molecule has 0 aliphatic carbocycles. The molecule has 0 amide bonds. The van der Waals surface area contributed by atoms with Gasteiger partial charge in [-0.15, -0.1) is 0 Å². The van der Waals surface area contributed by atoms with Gasteiger partial charge in [0.2, 0.25) is 0 Å².